The van der Waals surface area contributed by atoms with Gasteiger partial charge in [-0.15, -0.1) is 0 Å². The van der Waals surface area contributed by atoms with E-state index in [4.69, 9.17) is 0 Å². The molecule has 31 heavy (non-hydrogen) atoms. The van der Waals surface area contributed by atoms with Gasteiger partial charge in [-0.3, -0.25) is 14.7 Å². The third kappa shape index (κ3) is 4.97. The van der Waals surface area contributed by atoms with E-state index < -0.39 is 27.3 Å². The number of aromatic nitrogens is 2. The van der Waals surface area contributed by atoms with Crippen molar-refractivity contribution in [1.29, 1.82) is 0 Å². The van der Waals surface area contributed by atoms with E-state index in [9.17, 15) is 17.6 Å². The molecule has 0 spiro atoms. The Hall–Kier alpha value is -2.69. The number of rotatable bonds is 6. The van der Waals surface area contributed by atoms with Crippen LogP contribution in [-0.4, -0.2) is 30.0 Å². The Morgan fingerprint density at radius 1 is 1.10 bits per heavy atom. The van der Waals surface area contributed by atoms with E-state index in [1.807, 2.05) is 18.2 Å². The molecule has 6 nitrogen and oxygen atoms in total. The van der Waals surface area contributed by atoms with Crippen LogP contribution in [0.5, 0.6) is 0 Å². The van der Waals surface area contributed by atoms with Crippen LogP contribution < -0.4 is 4.90 Å². The number of amides is 1. The van der Waals surface area contributed by atoms with E-state index in [2.05, 4.69) is 25.9 Å². The lowest BCUT2D eigenvalue weighted by Gasteiger charge is -2.19. The van der Waals surface area contributed by atoms with Gasteiger partial charge in [-0.25, -0.2) is 17.8 Å². The summed E-state index contributed by atoms with van der Waals surface area (Å²) in [5, 5.41) is 0.373. The minimum atomic E-state index is -3.97. The number of benzene rings is 2. The minimum absolute atomic E-state index is 0.0691. The predicted octanol–water partition coefficient (Wildman–Crippen LogP) is 4.60. The molecule has 0 fully saturated rings. The Morgan fingerprint density at radius 2 is 1.87 bits per heavy atom. The number of carbonyl (C=O) groups is 1. The molecule has 0 radical (unpaired) electrons. The molecule has 0 saturated carbocycles. The summed E-state index contributed by atoms with van der Waals surface area (Å²) in [6.45, 7) is 0.0691. The molecule has 2 heterocycles. The number of hydrogen-bond acceptors (Lipinski definition) is 6. The number of hydrogen-bond donors (Lipinski definition) is 0. The molecule has 2 aromatic heterocycles. The molecule has 1 amide bonds. The van der Waals surface area contributed by atoms with Crippen molar-refractivity contribution in [1.82, 2.24) is 9.97 Å². The molecule has 0 bridgehead atoms. The van der Waals surface area contributed by atoms with E-state index in [1.165, 1.54) is 16.2 Å². The summed E-state index contributed by atoms with van der Waals surface area (Å²) in [6.07, 6.45) is 1.60. The number of fused-ring (bicyclic) bond motifs is 1. The molecular formula is C21H15BrFN3O3S2. The molecule has 2 aromatic carbocycles. The standard InChI is InChI=1S/C21H15BrFN3O3S2/c22-14-4-9-18-19(11-14)30-21(25-18)26(12-16-3-1-2-10-24-16)20(27)13-31(28,29)17-7-5-15(23)6-8-17/h1-11H,12-13H2. The van der Waals surface area contributed by atoms with Gasteiger partial charge in [0.2, 0.25) is 5.91 Å². The summed E-state index contributed by atoms with van der Waals surface area (Å²) in [7, 11) is -3.97. The maximum atomic E-state index is 13.2. The highest BCUT2D eigenvalue weighted by Gasteiger charge is 2.27. The summed E-state index contributed by atoms with van der Waals surface area (Å²) in [5.74, 6) is -1.97. The second kappa shape index (κ2) is 8.81. The number of pyridine rings is 1. The van der Waals surface area contributed by atoms with Crippen LogP contribution in [0.1, 0.15) is 5.69 Å². The number of carbonyl (C=O) groups excluding carboxylic acids is 1. The van der Waals surface area contributed by atoms with Gasteiger partial charge in [-0.1, -0.05) is 33.3 Å². The van der Waals surface area contributed by atoms with Crippen LogP contribution in [0.2, 0.25) is 0 Å². The van der Waals surface area contributed by atoms with Crippen LogP contribution in [0.4, 0.5) is 9.52 Å². The van der Waals surface area contributed by atoms with Crippen molar-refractivity contribution in [2.75, 3.05) is 10.7 Å². The summed E-state index contributed by atoms with van der Waals surface area (Å²) < 4.78 is 40.4. The van der Waals surface area contributed by atoms with Crippen LogP contribution in [0, 0.1) is 5.82 Å². The fourth-order valence-corrected chi connectivity index (χ4v) is 5.62. The first-order valence-corrected chi connectivity index (χ1v) is 12.3. The molecule has 4 aromatic rings. The molecule has 0 atom stereocenters. The van der Waals surface area contributed by atoms with E-state index in [0.717, 1.165) is 33.4 Å². The van der Waals surface area contributed by atoms with Crippen LogP contribution in [-0.2, 0) is 21.2 Å². The molecule has 10 heteroatoms. The lowest BCUT2D eigenvalue weighted by atomic mass is 10.3. The number of sulfone groups is 1. The minimum Gasteiger partial charge on any atom is -0.281 e. The van der Waals surface area contributed by atoms with Gasteiger partial charge in [0.05, 0.1) is 27.4 Å². The van der Waals surface area contributed by atoms with Gasteiger partial charge in [-0.2, -0.15) is 0 Å². The van der Waals surface area contributed by atoms with Crippen molar-refractivity contribution in [2.45, 2.75) is 11.4 Å². The predicted molar refractivity (Wildman–Crippen MR) is 121 cm³/mol. The Balaban J connectivity index is 1.69. The highest BCUT2D eigenvalue weighted by molar-refractivity contribution is 9.10. The van der Waals surface area contributed by atoms with E-state index in [0.29, 0.717) is 16.3 Å². The van der Waals surface area contributed by atoms with Gasteiger partial charge in [0, 0.05) is 10.7 Å². The molecule has 0 unspecified atom stereocenters. The molecule has 0 aliphatic carbocycles. The van der Waals surface area contributed by atoms with Crippen molar-refractivity contribution in [3.8, 4) is 0 Å². The topological polar surface area (TPSA) is 80.2 Å². The van der Waals surface area contributed by atoms with Crippen LogP contribution in [0.15, 0.2) is 76.2 Å². The Labute approximate surface area is 190 Å². The van der Waals surface area contributed by atoms with E-state index in [1.54, 1.807) is 24.4 Å². The second-order valence-electron chi connectivity index (χ2n) is 6.62. The third-order valence-corrected chi connectivity index (χ3v) is 7.56. The molecule has 158 valence electrons. The van der Waals surface area contributed by atoms with Gasteiger partial charge in [0.25, 0.3) is 0 Å². The average molecular weight is 520 g/mol. The van der Waals surface area contributed by atoms with Crippen LogP contribution in [0.3, 0.4) is 0 Å². The van der Waals surface area contributed by atoms with Gasteiger partial charge in [0.15, 0.2) is 15.0 Å². The van der Waals surface area contributed by atoms with Gasteiger partial charge in [0.1, 0.15) is 11.6 Å². The Bertz CT molecular complexity index is 1340. The molecule has 0 aliphatic rings. The van der Waals surface area contributed by atoms with Gasteiger partial charge in [-0.05, 0) is 54.6 Å². The molecule has 0 aliphatic heterocycles. The zero-order valence-corrected chi connectivity index (χ0v) is 19.1. The van der Waals surface area contributed by atoms with Crippen molar-refractivity contribution in [3.63, 3.8) is 0 Å². The zero-order chi connectivity index (χ0) is 22.0. The Morgan fingerprint density at radius 3 is 2.58 bits per heavy atom. The quantitative estimate of drug-likeness (QED) is 0.347. The smallest absolute Gasteiger partial charge is 0.244 e. The molecule has 0 saturated heterocycles. The van der Waals surface area contributed by atoms with E-state index in [-0.39, 0.29) is 11.4 Å². The fourth-order valence-electron chi connectivity index (χ4n) is 2.88. The molecule has 4 rings (SSSR count). The van der Waals surface area contributed by atoms with Crippen molar-refractivity contribution in [3.05, 3.63) is 82.8 Å². The van der Waals surface area contributed by atoms with Crippen molar-refractivity contribution >= 4 is 58.4 Å². The number of nitrogens with zero attached hydrogens (tertiary/aromatic N) is 3. The first-order chi connectivity index (χ1) is 14.8. The maximum Gasteiger partial charge on any atom is 0.244 e. The average Bonchev–Trinajstić information content (AvgIpc) is 3.15. The largest absolute Gasteiger partial charge is 0.281 e. The zero-order valence-electron chi connectivity index (χ0n) is 15.9. The lowest BCUT2D eigenvalue weighted by molar-refractivity contribution is -0.116. The van der Waals surface area contributed by atoms with Crippen LogP contribution >= 0.6 is 27.3 Å². The highest BCUT2D eigenvalue weighted by atomic mass is 79.9. The normalized spacial score (nSPS) is 11.5. The van der Waals surface area contributed by atoms with Crippen molar-refractivity contribution in [2.24, 2.45) is 0 Å². The Kier molecular flexibility index (Phi) is 6.12. The van der Waals surface area contributed by atoms with Gasteiger partial charge >= 0.3 is 0 Å². The number of anilines is 1. The maximum absolute atomic E-state index is 13.2. The number of thiazole rings is 1. The van der Waals surface area contributed by atoms with Crippen LogP contribution in [0.25, 0.3) is 10.2 Å². The highest BCUT2D eigenvalue weighted by Crippen LogP contribution is 2.32. The monoisotopic (exact) mass is 519 g/mol. The summed E-state index contributed by atoms with van der Waals surface area (Å²) in [4.78, 5) is 23.1. The molecular weight excluding hydrogens is 505 g/mol. The third-order valence-electron chi connectivity index (χ3n) is 4.40. The van der Waals surface area contributed by atoms with Gasteiger partial charge < -0.3 is 0 Å². The summed E-state index contributed by atoms with van der Waals surface area (Å²) in [5.41, 5.74) is 1.29. The summed E-state index contributed by atoms with van der Waals surface area (Å²) >= 11 is 4.70. The second-order valence-corrected chi connectivity index (χ2v) is 10.5. The fraction of sp³-hybridized carbons (Fsp3) is 0.0952. The number of halogens is 2. The lowest BCUT2D eigenvalue weighted by Crippen LogP contribution is -2.35. The SMILES string of the molecule is O=C(CS(=O)(=O)c1ccc(F)cc1)N(Cc1ccccn1)c1nc2ccc(Br)cc2s1. The molecule has 0 N–H and O–H groups in total. The summed E-state index contributed by atoms with van der Waals surface area (Å²) in [6, 6.07) is 15.2. The first kappa shape index (κ1) is 21.5. The first-order valence-electron chi connectivity index (χ1n) is 9.06. The van der Waals surface area contributed by atoms with Crippen molar-refractivity contribution < 1.29 is 17.6 Å². The van der Waals surface area contributed by atoms with E-state index >= 15 is 0 Å².